The van der Waals surface area contributed by atoms with Gasteiger partial charge in [-0.25, -0.2) is 4.98 Å². The molecule has 5 N–H and O–H groups in total. The molecule has 2 rings (SSSR count). The number of aromatic amines is 1. The van der Waals surface area contributed by atoms with Gasteiger partial charge in [0, 0.05) is 0 Å². The van der Waals surface area contributed by atoms with Gasteiger partial charge in [0.1, 0.15) is 11.6 Å². The molecule has 14 heavy (non-hydrogen) atoms. The zero-order valence-electron chi connectivity index (χ0n) is 7.01. The monoisotopic (exact) mass is 194 g/mol. The molecule has 0 saturated heterocycles. The Labute approximate surface area is 78.7 Å². The second-order valence-corrected chi connectivity index (χ2v) is 2.62. The number of hydrogen-bond acceptors (Lipinski definition) is 6. The zero-order valence-corrected chi connectivity index (χ0v) is 7.01. The molecular weight excluding hydrogens is 187 g/mol. The summed E-state index contributed by atoms with van der Waals surface area (Å²) >= 11 is 0. The standard InChI is InChI=1S/C6H7BN4O3/c8-5-4-1-3(14-7(12)13)2-9-6(4)11-10-5/h1-2,12-13H,(H3,8,9,10,11). The largest absolute Gasteiger partial charge is 0.707 e. The van der Waals surface area contributed by atoms with Crippen molar-refractivity contribution in [2.45, 2.75) is 0 Å². The van der Waals surface area contributed by atoms with E-state index in [0.717, 1.165) is 0 Å². The van der Waals surface area contributed by atoms with Crippen LogP contribution in [0.5, 0.6) is 5.75 Å². The molecule has 8 heteroatoms. The van der Waals surface area contributed by atoms with Gasteiger partial charge < -0.3 is 20.4 Å². The van der Waals surface area contributed by atoms with Gasteiger partial charge in [-0.3, -0.25) is 5.10 Å². The molecule has 2 aromatic rings. The molecule has 0 aliphatic rings. The van der Waals surface area contributed by atoms with Crippen LogP contribution in [-0.4, -0.2) is 32.6 Å². The molecule has 0 aromatic carbocycles. The van der Waals surface area contributed by atoms with Crippen LogP contribution < -0.4 is 10.4 Å². The summed E-state index contributed by atoms with van der Waals surface area (Å²) in [6, 6.07) is 1.51. The number of pyridine rings is 1. The third-order valence-corrected chi connectivity index (χ3v) is 1.66. The lowest BCUT2D eigenvalue weighted by Gasteiger charge is -2.02. The third-order valence-electron chi connectivity index (χ3n) is 1.66. The van der Waals surface area contributed by atoms with Crippen molar-refractivity contribution in [3.8, 4) is 5.75 Å². The first kappa shape index (κ1) is 8.79. The quantitative estimate of drug-likeness (QED) is 0.450. The normalized spacial score (nSPS) is 10.4. The van der Waals surface area contributed by atoms with Crippen molar-refractivity contribution in [3.05, 3.63) is 12.3 Å². The number of H-pyrrole nitrogens is 1. The van der Waals surface area contributed by atoms with Crippen LogP contribution in [0.25, 0.3) is 11.0 Å². The van der Waals surface area contributed by atoms with Crippen molar-refractivity contribution in [2.75, 3.05) is 5.73 Å². The van der Waals surface area contributed by atoms with Crippen LogP contribution in [0, 0.1) is 0 Å². The maximum absolute atomic E-state index is 8.55. The molecule has 7 nitrogen and oxygen atoms in total. The Morgan fingerprint density at radius 1 is 1.50 bits per heavy atom. The minimum absolute atomic E-state index is 0.209. The highest BCUT2D eigenvalue weighted by Crippen LogP contribution is 2.20. The van der Waals surface area contributed by atoms with E-state index in [0.29, 0.717) is 16.9 Å². The second-order valence-electron chi connectivity index (χ2n) is 2.62. The average Bonchev–Trinajstić information content (AvgIpc) is 2.47. The van der Waals surface area contributed by atoms with Crippen LogP contribution in [0.2, 0.25) is 0 Å². The van der Waals surface area contributed by atoms with Gasteiger partial charge in [-0.15, -0.1) is 0 Å². The number of nitrogens with zero attached hydrogens (tertiary/aromatic N) is 2. The fourth-order valence-corrected chi connectivity index (χ4v) is 1.09. The average molecular weight is 194 g/mol. The maximum atomic E-state index is 8.55. The van der Waals surface area contributed by atoms with Crippen LogP contribution in [0.3, 0.4) is 0 Å². The van der Waals surface area contributed by atoms with Crippen molar-refractivity contribution in [1.82, 2.24) is 15.2 Å². The summed E-state index contributed by atoms with van der Waals surface area (Å²) in [6.07, 6.45) is 1.32. The summed E-state index contributed by atoms with van der Waals surface area (Å²) < 4.78 is 4.60. The van der Waals surface area contributed by atoms with Crippen LogP contribution in [0.1, 0.15) is 0 Å². The van der Waals surface area contributed by atoms with Gasteiger partial charge in [0.15, 0.2) is 5.65 Å². The van der Waals surface area contributed by atoms with Gasteiger partial charge in [-0.05, 0) is 6.07 Å². The highest BCUT2D eigenvalue weighted by molar-refractivity contribution is 6.33. The molecule has 0 radical (unpaired) electrons. The lowest BCUT2D eigenvalue weighted by atomic mass is 10.2. The van der Waals surface area contributed by atoms with Crippen molar-refractivity contribution in [3.63, 3.8) is 0 Å². The first-order valence-corrected chi connectivity index (χ1v) is 3.79. The van der Waals surface area contributed by atoms with Crippen LogP contribution in [-0.2, 0) is 0 Å². The summed E-state index contributed by atoms with van der Waals surface area (Å²) in [6.45, 7) is 0. The van der Waals surface area contributed by atoms with Crippen molar-refractivity contribution in [1.29, 1.82) is 0 Å². The summed E-state index contributed by atoms with van der Waals surface area (Å²) in [5.41, 5.74) is 5.98. The molecule has 2 heterocycles. The van der Waals surface area contributed by atoms with Gasteiger partial charge in [-0.2, -0.15) is 5.10 Å². The Morgan fingerprint density at radius 3 is 3.00 bits per heavy atom. The fraction of sp³-hybridized carbons (Fsp3) is 0. The third kappa shape index (κ3) is 1.48. The molecule has 0 saturated carbocycles. The molecule has 0 spiro atoms. The molecule has 0 atom stereocenters. The summed E-state index contributed by atoms with van der Waals surface area (Å²) in [4.78, 5) is 3.89. The predicted octanol–water partition coefficient (Wildman–Crippen LogP) is -1.11. The Morgan fingerprint density at radius 2 is 2.29 bits per heavy atom. The number of nitrogens with two attached hydrogens (primary N) is 1. The Bertz CT molecular complexity index is 457. The number of nitrogens with one attached hydrogen (secondary N) is 1. The fourth-order valence-electron chi connectivity index (χ4n) is 1.09. The molecule has 2 aromatic heterocycles. The first-order valence-electron chi connectivity index (χ1n) is 3.79. The van der Waals surface area contributed by atoms with E-state index in [9.17, 15) is 0 Å². The van der Waals surface area contributed by atoms with E-state index in [1.54, 1.807) is 0 Å². The summed E-state index contributed by atoms with van der Waals surface area (Å²) in [5, 5.41) is 24.0. The van der Waals surface area contributed by atoms with E-state index < -0.39 is 7.32 Å². The highest BCUT2D eigenvalue weighted by atomic mass is 16.6. The zero-order chi connectivity index (χ0) is 10.1. The van der Waals surface area contributed by atoms with Crippen LogP contribution in [0.15, 0.2) is 12.3 Å². The van der Waals surface area contributed by atoms with Crippen molar-refractivity contribution >= 4 is 24.2 Å². The predicted molar refractivity (Wildman–Crippen MR) is 49.1 cm³/mol. The van der Waals surface area contributed by atoms with Gasteiger partial charge in [0.25, 0.3) is 0 Å². The molecule has 0 amide bonds. The molecule has 0 aliphatic carbocycles. The molecule has 0 aliphatic heterocycles. The number of nitrogen functional groups attached to an aromatic ring is 1. The van der Waals surface area contributed by atoms with E-state index >= 15 is 0 Å². The van der Waals surface area contributed by atoms with Gasteiger partial charge in [-0.1, -0.05) is 0 Å². The Balaban J connectivity index is 2.44. The van der Waals surface area contributed by atoms with E-state index in [-0.39, 0.29) is 5.75 Å². The van der Waals surface area contributed by atoms with Crippen molar-refractivity contribution in [2.24, 2.45) is 0 Å². The van der Waals surface area contributed by atoms with Gasteiger partial charge in [0.05, 0.1) is 11.6 Å². The first-order chi connectivity index (χ1) is 6.66. The van der Waals surface area contributed by atoms with Crippen LogP contribution >= 0.6 is 0 Å². The number of aromatic nitrogens is 3. The number of fused-ring (bicyclic) bond motifs is 1. The minimum Gasteiger partial charge on any atom is -0.511 e. The minimum atomic E-state index is -1.87. The van der Waals surface area contributed by atoms with E-state index in [4.69, 9.17) is 15.8 Å². The Hall–Kier alpha value is -1.80. The molecule has 0 unspecified atom stereocenters. The Kier molecular flexibility index (Phi) is 1.99. The topological polar surface area (TPSA) is 117 Å². The molecular formula is C6H7BN4O3. The lowest BCUT2D eigenvalue weighted by Crippen LogP contribution is -2.20. The SMILES string of the molecule is Nc1[nH]nc2ncc(OB(O)O)cc12. The molecule has 72 valence electrons. The maximum Gasteiger partial charge on any atom is 0.707 e. The molecule has 0 bridgehead atoms. The smallest absolute Gasteiger partial charge is 0.511 e. The number of hydrogen-bond donors (Lipinski definition) is 4. The van der Waals surface area contributed by atoms with Gasteiger partial charge in [0.2, 0.25) is 0 Å². The number of anilines is 1. The number of rotatable bonds is 2. The van der Waals surface area contributed by atoms with E-state index in [1.807, 2.05) is 0 Å². The molecule has 0 fully saturated rings. The van der Waals surface area contributed by atoms with Crippen molar-refractivity contribution < 1.29 is 14.7 Å². The van der Waals surface area contributed by atoms with E-state index in [2.05, 4.69) is 19.8 Å². The highest BCUT2D eigenvalue weighted by Gasteiger charge is 2.13. The van der Waals surface area contributed by atoms with Crippen LogP contribution in [0.4, 0.5) is 5.82 Å². The summed E-state index contributed by atoms with van der Waals surface area (Å²) in [7, 11) is -1.87. The second kappa shape index (κ2) is 3.16. The lowest BCUT2D eigenvalue weighted by molar-refractivity contribution is 0.288. The van der Waals surface area contributed by atoms with Gasteiger partial charge >= 0.3 is 7.32 Å². The van der Waals surface area contributed by atoms with E-state index in [1.165, 1.54) is 12.3 Å². The summed E-state index contributed by atoms with van der Waals surface area (Å²) in [5.74, 6) is 0.561.